The third kappa shape index (κ3) is 6.77. The van der Waals surface area contributed by atoms with Gasteiger partial charge in [-0.2, -0.15) is 13.2 Å². The Bertz CT molecular complexity index is 1220. The highest BCUT2D eigenvalue weighted by Gasteiger charge is 2.33. The standard InChI is InChI=1S/C24H23F3N2O3S2/c1-18-10-12-21(13-11-18)33-15-14-28-23(30)17-29(34(31,32)22-8-3-2-4-9-22)20-7-5-6-19(16-20)24(25,26)27/h2-13,16H,14-15,17H2,1H3,(H,28,30). The van der Waals surface area contributed by atoms with Gasteiger partial charge in [0, 0.05) is 17.2 Å². The van der Waals surface area contributed by atoms with Crippen molar-refractivity contribution in [3.05, 3.63) is 90.0 Å². The maximum absolute atomic E-state index is 13.2. The predicted molar refractivity (Wildman–Crippen MR) is 127 cm³/mol. The fourth-order valence-electron chi connectivity index (χ4n) is 3.05. The van der Waals surface area contributed by atoms with E-state index in [4.69, 9.17) is 0 Å². The Morgan fingerprint density at radius 3 is 2.29 bits per heavy atom. The van der Waals surface area contributed by atoms with Crippen LogP contribution in [0.25, 0.3) is 0 Å². The molecule has 0 atom stereocenters. The molecule has 3 aromatic rings. The fraction of sp³-hybridized carbons (Fsp3) is 0.208. The van der Waals surface area contributed by atoms with E-state index in [0.29, 0.717) is 10.1 Å². The average molecular weight is 509 g/mol. The molecular weight excluding hydrogens is 485 g/mol. The maximum atomic E-state index is 13.2. The summed E-state index contributed by atoms with van der Waals surface area (Å²) in [6.45, 7) is 1.58. The van der Waals surface area contributed by atoms with Gasteiger partial charge in [0.05, 0.1) is 16.1 Å². The molecule has 0 aromatic heterocycles. The van der Waals surface area contributed by atoms with Crippen LogP contribution in [0.15, 0.2) is 88.7 Å². The van der Waals surface area contributed by atoms with Gasteiger partial charge in [-0.1, -0.05) is 42.0 Å². The smallest absolute Gasteiger partial charge is 0.354 e. The molecule has 1 amide bonds. The SMILES string of the molecule is Cc1ccc(SCCNC(=O)CN(c2cccc(C(F)(F)F)c2)S(=O)(=O)c2ccccc2)cc1. The van der Waals surface area contributed by atoms with Crippen molar-refractivity contribution in [1.29, 1.82) is 0 Å². The van der Waals surface area contributed by atoms with E-state index in [1.807, 2.05) is 31.2 Å². The summed E-state index contributed by atoms with van der Waals surface area (Å²) in [5, 5.41) is 2.64. The van der Waals surface area contributed by atoms with Gasteiger partial charge in [-0.25, -0.2) is 8.42 Å². The second kappa shape index (κ2) is 11.0. The average Bonchev–Trinajstić information content (AvgIpc) is 2.81. The number of benzene rings is 3. The molecule has 34 heavy (non-hydrogen) atoms. The van der Waals surface area contributed by atoms with Gasteiger partial charge >= 0.3 is 6.18 Å². The van der Waals surface area contributed by atoms with E-state index >= 15 is 0 Å². The number of sulfonamides is 1. The highest BCUT2D eigenvalue weighted by molar-refractivity contribution is 7.99. The Balaban J connectivity index is 1.76. The lowest BCUT2D eigenvalue weighted by atomic mass is 10.2. The lowest BCUT2D eigenvalue weighted by Gasteiger charge is -2.25. The molecule has 0 radical (unpaired) electrons. The minimum absolute atomic E-state index is 0.130. The second-order valence-electron chi connectivity index (χ2n) is 7.38. The second-order valence-corrected chi connectivity index (χ2v) is 10.4. The summed E-state index contributed by atoms with van der Waals surface area (Å²) >= 11 is 1.52. The third-order valence-corrected chi connectivity index (χ3v) is 7.60. The summed E-state index contributed by atoms with van der Waals surface area (Å²) in [5.41, 5.74) is -0.122. The van der Waals surface area contributed by atoms with Crippen molar-refractivity contribution in [2.75, 3.05) is 23.1 Å². The summed E-state index contributed by atoms with van der Waals surface area (Å²) in [7, 11) is -4.29. The molecule has 3 rings (SSSR count). The minimum atomic E-state index is -4.66. The van der Waals surface area contributed by atoms with Crippen LogP contribution in [0, 0.1) is 6.92 Å². The van der Waals surface area contributed by atoms with Crippen molar-refractivity contribution in [3.8, 4) is 0 Å². The van der Waals surface area contributed by atoms with Crippen LogP contribution in [0.5, 0.6) is 0 Å². The summed E-state index contributed by atoms with van der Waals surface area (Å²) in [4.78, 5) is 13.5. The van der Waals surface area contributed by atoms with Gasteiger partial charge in [0.25, 0.3) is 10.0 Å². The molecule has 3 aromatic carbocycles. The molecule has 0 spiro atoms. The number of anilines is 1. The zero-order valence-electron chi connectivity index (χ0n) is 18.2. The number of nitrogens with one attached hydrogen (secondary N) is 1. The van der Waals surface area contributed by atoms with Crippen LogP contribution in [0.1, 0.15) is 11.1 Å². The molecule has 0 fully saturated rings. The molecule has 0 heterocycles. The Morgan fingerprint density at radius 2 is 1.65 bits per heavy atom. The lowest BCUT2D eigenvalue weighted by Crippen LogP contribution is -2.41. The molecular formula is C24H23F3N2O3S2. The fourth-order valence-corrected chi connectivity index (χ4v) is 5.25. The number of nitrogens with zero attached hydrogens (tertiary/aromatic N) is 1. The Hall–Kier alpha value is -2.98. The quantitative estimate of drug-likeness (QED) is 0.322. The molecule has 180 valence electrons. The number of thioether (sulfide) groups is 1. The Kier molecular flexibility index (Phi) is 8.27. The minimum Gasteiger partial charge on any atom is -0.354 e. The summed E-state index contributed by atoms with van der Waals surface area (Å²) in [6, 6.07) is 19.1. The van der Waals surface area contributed by atoms with E-state index in [0.717, 1.165) is 28.7 Å². The topological polar surface area (TPSA) is 66.5 Å². The zero-order chi connectivity index (χ0) is 24.8. The zero-order valence-corrected chi connectivity index (χ0v) is 19.9. The molecule has 0 aliphatic carbocycles. The highest BCUT2D eigenvalue weighted by atomic mass is 32.2. The lowest BCUT2D eigenvalue weighted by molar-refractivity contribution is -0.137. The van der Waals surface area contributed by atoms with Gasteiger partial charge in [0.1, 0.15) is 6.54 Å². The number of halogens is 3. The predicted octanol–water partition coefficient (Wildman–Crippen LogP) is 5.12. The van der Waals surface area contributed by atoms with Crippen LogP contribution in [0.3, 0.4) is 0 Å². The highest BCUT2D eigenvalue weighted by Crippen LogP contribution is 2.33. The van der Waals surface area contributed by atoms with Gasteiger partial charge in [-0.15, -0.1) is 11.8 Å². The van der Waals surface area contributed by atoms with Crippen molar-refractivity contribution in [3.63, 3.8) is 0 Å². The van der Waals surface area contributed by atoms with E-state index < -0.39 is 34.2 Å². The van der Waals surface area contributed by atoms with Gasteiger partial charge in [-0.05, 0) is 49.4 Å². The van der Waals surface area contributed by atoms with Crippen LogP contribution in [-0.2, 0) is 21.0 Å². The van der Waals surface area contributed by atoms with Gasteiger partial charge < -0.3 is 5.32 Å². The number of aryl methyl sites for hydroxylation is 1. The summed E-state index contributed by atoms with van der Waals surface area (Å²) in [6.07, 6.45) is -4.66. The van der Waals surface area contributed by atoms with E-state index in [1.165, 1.54) is 42.1 Å². The van der Waals surface area contributed by atoms with Gasteiger partial charge in [0.2, 0.25) is 5.91 Å². The van der Waals surface area contributed by atoms with Crippen molar-refractivity contribution < 1.29 is 26.4 Å². The van der Waals surface area contributed by atoms with Crippen LogP contribution in [0.4, 0.5) is 18.9 Å². The van der Waals surface area contributed by atoms with Crippen LogP contribution in [0.2, 0.25) is 0 Å². The normalized spacial score (nSPS) is 11.8. The molecule has 0 saturated carbocycles. The van der Waals surface area contributed by atoms with Crippen LogP contribution < -0.4 is 9.62 Å². The maximum Gasteiger partial charge on any atom is 0.416 e. The number of carbonyl (C=O) groups is 1. The first-order valence-corrected chi connectivity index (χ1v) is 12.7. The van der Waals surface area contributed by atoms with E-state index in [2.05, 4.69) is 5.32 Å². The first-order chi connectivity index (χ1) is 16.1. The molecule has 10 heteroatoms. The van der Waals surface area contributed by atoms with E-state index in [9.17, 15) is 26.4 Å². The number of hydrogen-bond acceptors (Lipinski definition) is 4. The van der Waals surface area contributed by atoms with E-state index in [-0.39, 0.29) is 17.1 Å². The Morgan fingerprint density at radius 1 is 0.971 bits per heavy atom. The molecule has 5 nitrogen and oxygen atoms in total. The largest absolute Gasteiger partial charge is 0.416 e. The molecule has 0 aliphatic heterocycles. The molecule has 0 saturated heterocycles. The first-order valence-electron chi connectivity index (χ1n) is 10.3. The summed E-state index contributed by atoms with van der Waals surface area (Å²) in [5.74, 6) is -0.0782. The monoisotopic (exact) mass is 508 g/mol. The molecule has 0 unspecified atom stereocenters. The van der Waals surface area contributed by atoms with E-state index in [1.54, 1.807) is 6.07 Å². The van der Waals surface area contributed by atoms with Gasteiger partial charge in [0.15, 0.2) is 0 Å². The third-order valence-electron chi connectivity index (χ3n) is 4.79. The summed E-state index contributed by atoms with van der Waals surface area (Å²) < 4.78 is 66.9. The number of carbonyl (C=O) groups excluding carboxylic acids is 1. The first kappa shape index (κ1) is 25.6. The number of alkyl halides is 3. The molecule has 0 aliphatic rings. The van der Waals surface area contributed by atoms with Crippen LogP contribution >= 0.6 is 11.8 Å². The number of amides is 1. The van der Waals surface area contributed by atoms with Crippen LogP contribution in [-0.4, -0.2) is 33.2 Å². The van der Waals surface area contributed by atoms with Crippen molar-refractivity contribution >= 4 is 33.4 Å². The van der Waals surface area contributed by atoms with Crippen molar-refractivity contribution in [2.24, 2.45) is 0 Å². The Labute approximate surface area is 201 Å². The van der Waals surface area contributed by atoms with Gasteiger partial charge in [-0.3, -0.25) is 9.10 Å². The van der Waals surface area contributed by atoms with Crippen molar-refractivity contribution in [1.82, 2.24) is 5.32 Å². The van der Waals surface area contributed by atoms with Crippen molar-refractivity contribution in [2.45, 2.75) is 22.9 Å². The number of hydrogen-bond donors (Lipinski definition) is 1. The molecule has 0 bridgehead atoms. The number of rotatable bonds is 9. The molecule has 1 N–H and O–H groups in total.